The number of rotatable bonds is 6. The third kappa shape index (κ3) is 6.87. The molecule has 29 heavy (non-hydrogen) atoms. The molecule has 5 heteroatoms. The van der Waals surface area contributed by atoms with Gasteiger partial charge in [-0.3, -0.25) is 4.90 Å². The Morgan fingerprint density at radius 2 is 1.59 bits per heavy atom. The van der Waals surface area contributed by atoms with Gasteiger partial charge in [-0.05, 0) is 31.9 Å². The van der Waals surface area contributed by atoms with Gasteiger partial charge in [-0.15, -0.1) is 0 Å². The van der Waals surface area contributed by atoms with E-state index in [2.05, 4.69) is 29.2 Å². The van der Waals surface area contributed by atoms with Crippen molar-refractivity contribution >= 4 is 6.09 Å². The van der Waals surface area contributed by atoms with E-state index in [-0.39, 0.29) is 12.1 Å². The fourth-order valence-electron chi connectivity index (χ4n) is 3.50. The lowest BCUT2D eigenvalue weighted by Crippen LogP contribution is -2.57. The molecule has 5 nitrogen and oxygen atoms in total. The molecule has 2 aromatic carbocycles. The van der Waals surface area contributed by atoms with Crippen molar-refractivity contribution in [2.75, 3.05) is 26.2 Å². The molecule has 0 aliphatic carbocycles. The summed E-state index contributed by atoms with van der Waals surface area (Å²) in [4.78, 5) is 17.0. The molecule has 1 unspecified atom stereocenters. The molecule has 1 aliphatic rings. The quantitative estimate of drug-likeness (QED) is 0.729. The van der Waals surface area contributed by atoms with Gasteiger partial charge in [0.25, 0.3) is 0 Å². The molecular formula is C24H32N2O3. The fraction of sp³-hybridized carbons (Fsp3) is 0.458. The van der Waals surface area contributed by atoms with Crippen LogP contribution in [-0.4, -0.2) is 53.8 Å². The Bertz CT molecular complexity index is 759. The van der Waals surface area contributed by atoms with Gasteiger partial charge in [-0.25, -0.2) is 4.79 Å². The first-order chi connectivity index (χ1) is 13.9. The third-order valence-electron chi connectivity index (χ3n) is 4.87. The minimum Gasteiger partial charge on any atom is -0.444 e. The molecule has 1 heterocycles. The first kappa shape index (κ1) is 21.3. The minimum absolute atomic E-state index is 0.0361. The van der Waals surface area contributed by atoms with Crippen LogP contribution in [0.25, 0.3) is 0 Å². The van der Waals surface area contributed by atoms with Crippen molar-refractivity contribution in [3.05, 3.63) is 71.8 Å². The Kier molecular flexibility index (Phi) is 7.29. The van der Waals surface area contributed by atoms with E-state index in [1.165, 1.54) is 5.56 Å². The van der Waals surface area contributed by atoms with Crippen LogP contribution in [0, 0.1) is 0 Å². The number of hydrogen-bond acceptors (Lipinski definition) is 4. The second kappa shape index (κ2) is 9.90. The predicted molar refractivity (Wildman–Crippen MR) is 115 cm³/mol. The van der Waals surface area contributed by atoms with E-state index in [9.17, 15) is 4.79 Å². The van der Waals surface area contributed by atoms with Crippen molar-refractivity contribution in [3.63, 3.8) is 0 Å². The maximum Gasteiger partial charge on any atom is 0.410 e. The van der Waals surface area contributed by atoms with Gasteiger partial charge < -0.3 is 14.4 Å². The Balaban J connectivity index is 1.62. The Morgan fingerprint density at radius 1 is 0.966 bits per heavy atom. The molecule has 0 N–H and O–H groups in total. The van der Waals surface area contributed by atoms with Crippen molar-refractivity contribution in [2.45, 2.75) is 45.6 Å². The number of carbonyl (C=O) groups excluding carboxylic acids is 1. The molecule has 156 valence electrons. The number of amides is 1. The maximum atomic E-state index is 12.8. The van der Waals surface area contributed by atoms with Gasteiger partial charge in [-0.1, -0.05) is 60.7 Å². The lowest BCUT2D eigenvalue weighted by atomic mass is 10.1. The second-order valence-corrected chi connectivity index (χ2v) is 8.55. The van der Waals surface area contributed by atoms with Crippen molar-refractivity contribution in [3.8, 4) is 0 Å². The van der Waals surface area contributed by atoms with E-state index in [0.29, 0.717) is 19.8 Å². The summed E-state index contributed by atoms with van der Waals surface area (Å²) in [5, 5.41) is 0. The van der Waals surface area contributed by atoms with E-state index < -0.39 is 5.60 Å². The molecule has 0 spiro atoms. The van der Waals surface area contributed by atoms with Crippen molar-refractivity contribution < 1.29 is 14.3 Å². The van der Waals surface area contributed by atoms with Gasteiger partial charge in [0.05, 0.1) is 19.3 Å². The highest BCUT2D eigenvalue weighted by atomic mass is 16.6. The summed E-state index contributed by atoms with van der Waals surface area (Å²) in [6, 6.07) is 20.5. The van der Waals surface area contributed by atoms with E-state index in [0.717, 1.165) is 25.2 Å². The van der Waals surface area contributed by atoms with Crippen LogP contribution in [0.5, 0.6) is 0 Å². The van der Waals surface area contributed by atoms with Gasteiger partial charge in [0, 0.05) is 26.2 Å². The Hall–Kier alpha value is -2.37. The highest BCUT2D eigenvalue weighted by Crippen LogP contribution is 2.18. The maximum absolute atomic E-state index is 12.8. The van der Waals surface area contributed by atoms with E-state index in [1.54, 1.807) is 0 Å². The van der Waals surface area contributed by atoms with Crippen LogP contribution in [-0.2, 0) is 22.6 Å². The number of benzene rings is 2. The fourth-order valence-corrected chi connectivity index (χ4v) is 3.50. The minimum atomic E-state index is -0.506. The van der Waals surface area contributed by atoms with Crippen LogP contribution < -0.4 is 0 Å². The average Bonchev–Trinajstić information content (AvgIpc) is 2.68. The predicted octanol–water partition coefficient (Wildman–Crippen LogP) is 4.32. The topological polar surface area (TPSA) is 42.0 Å². The number of ether oxygens (including phenoxy) is 2. The monoisotopic (exact) mass is 396 g/mol. The second-order valence-electron chi connectivity index (χ2n) is 8.55. The molecule has 0 radical (unpaired) electrons. The van der Waals surface area contributed by atoms with Crippen LogP contribution in [0.3, 0.4) is 0 Å². The van der Waals surface area contributed by atoms with Gasteiger partial charge in [0.1, 0.15) is 5.60 Å². The van der Waals surface area contributed by atoms with Crippen molar-refractivity contribution in [2.24, 2.45) is 0 Å². The number of carbonyl (C=O) groups is 1. The van der Waals surface area contributed by atoms with Crippen molar-refractivity contribution in [1.82, 2.24) is 9.80 Å². The standard InChI is InChI=1S/C24H32N2O3/c1-24(2,3)29-23(27)26-15-14-25(16-20-10-6-4-7-11-20)17-22(26)19-28-18-21-12-8-5-9-13-21/h4-13,22H,14-19H2,1-3H3. The van der Waals surface area contributed by atoms with Gasteiger partial charge in [-0.2, -0.15) is 0 Å². The Morgan fingerprint density at radius 3 is 2.21 bits per heavy atom. The van der Waals surface area contributed by atoms with Crippen LogP contribution in [0.4, 0.5) is 4.79 Å². The molecule has 1 aliphatic heterocycles. The molecule has 3 rings (SSSR count). The van der Waals surface area contributed by atoms with Gasteiger partial charge in [0.2, 0.25) is 0 Å². The van der Waals surface area contributed by atoms with Gasteiger partial charge in [0.15, 0.2) is 0 Å². The highest BCUT2D eigenvalue weighted by molar-refractivity contribution is 5.68. The van der Waals surface area contributed by atoms with E-state index >= 15 is 0 Å². The zero-order valence-corrected chi connectivity index (χ0v) is 17.7. The molecule has 1 amide bonds. The number of piperazine rings is 1. The molecular weight excluding hydrogens is 364 g/mol. The van der Waals surface area contributed by atoms with Crippen LogP contribution in [0.15, 0.2) is 60.7 Å². The zero-order chi connectivity index (χ0) is 20.7. The summed E-state index contributed by atoms with van der Waals surface area (Å²) in [6.07, 6.45) is -0.259. The molecule has 0 bridgehead atoms. The van der Waals surface area contributed by atoms with Crippen LogP contribution in [0.2, 0.25) is 0 Å². The largest absolute Gasteiger partial charge is 0.444 e. The molecule has 1 atom stereocenters. The summed E-state index contributed by atoms with van der Waals surface area (Å²) in [5.41, 5.74) is 1.91. The van der Waals surface area contributed by atoms with Gasteiger partial charge >= 0.3 is 6.09 Å². The number of nitrogens with zero attached hydrogens (tertiary/aromatic N) is 2. The molecule has 1 saturated heterocycles. The third-order valence-corrected chi connectivity index (χ3v) is 4.87. The number of hydrogen-bond donors (Lipinski definition) is 0. The summed E-state index contributed by atoms with van der Waals surface area (Å²) >= 11 is 0. The first-order valence-electron chi connectivity index (χ1n) is 10.3. The molecule has 2 aromatic rings. The Labute approximate surface area is 174 Å². The van der Waals surface area contributed by atoms with Crippen molar-refractivity contribution in [1.29, 1.82) is 0 Å². The normalized spacial score (nSPS) is 17.9. The van der Waals surface area contributed by atoms with E-state index in [4.69, 9.17) is 9.47 Å². The van der Waals surface area contributed by atoms with Crippen LogP contribution >= 0.6 is 0 Å². The summed E-state index contributed by atoms with van der Waals surface area (Å²) < 4.78 is 11.6. The summed E-state index contributed by atoms with van der Waals surface area (Å²) in [6.45, 7) is 9.83. The summed E-state index contributed by atoms with van der Waals surface area (Å²) in [7, 11) is 0. The smallest absolute Gasteiger partial charge is 0.410 e. The average molecular weight is 397 g/mol. The first-order valence-corrected chi connectivity index (χ1v) is 10.3. The lowest BCUT2D eigenvalue weighted by Gasteiger charge is -2.41. The SMILES string of the molecule is CC(C)(C)OC(=O)N1CCN(Cc2ccccc2)CC1COCc1ccccc1. The van der Waals surface area contributed by atoms with Crippen LogP contribution in [0.1, 0.15) is 31.9 Å². The summed E-state index contributed by atoms with van der Waals surface area (Å²) in [5.74, 6) is 0. The highest BCUT2D eigenvalue weighted by Gasteiger charge is 2.33. The lowest BCUT2D eigenvalue weighted by molar-refractivity contribution is -0.0254. The molecule has 1 fully saturated rings. The zero-order valence-electron chi connectivity index (χ0n) is 17.7. The molecule has 0 aromatic heterocycles. The molecule has 0 saturated carbocycles. The van der Waals surface area contributed by atoms with E-state index in [1.807, 2.05) is 62.1 Å².